The normalized spacial score (nSPS) is 13.1. The van der Waals surface area contributed by atoms with Gasteiger partial charge in [-0.25, -0.2) is 9.88 Å². The molecule has 6 heteroatoms. The van der Waals surface area contributed by atoms with Gasteiger partial charge < -0.3 is 5.32 Å². The summed E-state index contributed by atoms with van der Waals surface area (Å²) in [5.41, 5.74) is 2.18. The second-order valence-electron chi connectivity index (χ2n) is 6.65. The maximum atomic E-state index is 13.2. The quantitative estimate of drug-likeness (QED) is 0.466. The van der Waals surface area contributed by atoms with Crippen LogP contribution in [0, 0.1) is 0 Å². The molecule has 140 valence electrons. The third-order valence-corrected chi connectivity index (χ3v) is 5.14. The average Bonchev–Trinajstić information content (AvgIpc) is 2.74. The van der Waals surface area contributed by atoms with Crippen molar-refractivity contribution in [2.24, 2.45) is 0 Å². The first-order valence-electron chi connectivity index (χ1n) is 9.01. The fourth-order valence-corrected chi connectivity index (χ4v) is 3.81. The molecule has 0 fully saturated rings. The topological polar surface area (TPSA) is 62.3 Å². The maximum absolute atomic E-state index is 13.2. The molecular weight excluding hydrogens is 386 g/mol. The second kappa shape index (κ2) is 6.72. The Hall–Kier alpha value is -3.70. The summed E-state index contributed by atoms with van der Waals surface area (Å²) in [5.74, 6) is -0.0575. The third-order valence-electron chi connectivity index (χ3n) is 4.90. The first-order valence-corrected chi connectivity index (χ1v) is 9.39. The molecule has 0 atom stereocenters. The van der Waals surface area contributed by atoms with Crippen LogP contribution in [0.3, 0.4) is 0 Å². The number of hydrogen-bond acceptors (Lipinski definition) is 4. The van der Waals surface area contributed by atoms with E-state index in [-0.39, 0.29) is 11.8 Å². The van der Waals surface area contributed by atoms with Crippen molar-refractivity contribution < 1.29 is 9.59 Å². The Labute approximate surface area is 171 Å². The Bertz CT molecular complexity index is 1270. The number of amides is 2. The molecule has 0 radical (unpaired) electrons. The van der Waals surface area contributed by atoms with Gasteiger partial charge in [0.2, 0.25) is 0 Å². The molecule has 0 unspecified atom stereocenters. The highest BCUT2D eigenvalue weighted by molar-refractivity contribution is 6.37. The highest BCUT2D eigenvalue weighted by Crippen LogP contribution is 2.37. The van der Waals surface area contributed by atoms with Crippen LogP contribution >= 0.6 is 11.6 Å². The minimum atomic E-state index is -0.370. The molecule has 1 aromatic heterocycles. The first kappa shape index (κ1) is 17.4. The van der Waals surface area contributed by atoms with Crippen molar-refractivity contribution in [2.45, 2.75) is 0 Å². The molecule has 29 heavy (non-hydrogen) atoms. The SMILES string of the molecule is O=C1c2cccc3c(Nc4ccccn4)ccc(c23)C(=O)N1c1cccc(Cl)c1. The third kappa shape index (κ3) is 2.83. The standard InChI is InChI=1S/C23H14ClN3O2/c24-14-5-3-6-15(13-14)27-22(28)17-8-4-7-16-19(26-20-9-1-2-12-25-20)11-10-18(21(16)17)23(27)29/h1-13H,(H,25,26). The van der Waals surface area contributed by atoms with Gasteiger partial charge in [0.05, 0.1) is 5.69 Å². The zero-order chi connectivity index (χ0) is 20.0. The zero-order valence-corrected chi connectivity index (χ0v) is 15.9. The number of carbonyl (C=O) groups is 2. The Morgan fingerprint density at radius 2 is 1.62 bits per heavy atom. The van der Waals surface area contributed by atoms with Crippen LogP contribution in [-0.2, 0) is 0 Å². The van der Waals surface area contributed by atoms with Crippen LogP contribution in [0.15, 0.2) is 79.0 Å². The number of benzene rings is 3. The van der Waals surface area contributed by atoms with Gasteiger partial charge in [-0.05, 0) is 48.5 Å². The highest BCUT2D eigenvalue weighted by Gasteiger charge is 2.34. The number of imide groups is 1. The lowest BCUT2D eigenvalue weighted by Crippen LogP contribution is -2.40. The first-order chi connectivity index (χ1) is 14.1. The number of aromatic nitrogens is 1. The van der Waals surface area contributed by atoms with Gasteiger partial charge >= 0.3 is 0 Å². The van der Waals surface area contributed by atoms with Crippen molar-refractivity contribution in [1.82, 2.24) is 4.98 Å². The van der Waals surface area contributed by atoms with E-state index in [0.717, 1.165) is 11.1 Å². The van der Waals surface area contributed by atoms with Crippen LogP contribution in [0.4, 0.5) is 17.2 Å². The van der Waals surface area contributed by atoms with Crippen LogP contribution in [0.2, 0.25) is 5.02 Å². The molecule has 0 aliphatic carbocycles. The van der Waals surface area contributed by atoms with Crippen molar-refractivity contribution >= 4 is 51.4 Å². The van der Waals surface area contributed by atoms with E-state index in [9.17, 15) is 9.59 Å². The predicted molar refractivity (Wildman–Crippen MR) is 114 cm³/mol. The van der Waals surface area contributed by atoms with E-state index in [1.807, 2.05) is 36.4 Å². The smallest absolute Gasteiger partial charge is 0.265 e. The van der Waals surface area contributed by atoms with Crippen LogP contribution in [-0.4, -0.2) is 16.8 Å². The van der Waals surface area contributed by atoms with Gasteiger partial charge in [-0.1, -0.05) is 35.9 Å². The summed E-state index contributed by atoms with van der Waals surface area (Å²) in [6, 6.07) is 21.3. The number of pyridine rings is 1. The van der Waals surface area contributed by atoms with Gasteiger partial charge in [-0.2, -0.15) is 0 Å². The summed E-state index contributed by atoms with van der Waals surface area (Å²) in [4.78, 5) is 31.9. The zero-order valence-electron chi connectivity index (χ0n) is 15.1. The summed E-state index contributed by atoms with van der Waals surface area (Å²) in [7, 11) is 0. The van der Waals surface area contributed by atoms with E-state index in [1.54, 1.807) is 42.6 Å². The van der Waals surface area contributed by atoms with Crippen LogP contribution in [0.1, 0.15) is 20.7 Å². The van der Waals surface area contributed by atoms with Crippen LogP contribution in [0.25, 0.3) is 10.8 Å². The molecule has 1 aliphatic rings. The van der Waals surface area contributed by atoms with Gasteiger partial charge in [0.25, 0.3) is 11.8 Å². The molecule has 1 N–H and O–H groups in total. The number of nitrogens with one attached hydrogen (secondary N) is 1. The Morgan fingerprint density at radius 1 is 0.828 bits per heavy atom. The monoisotopic (exact) mass is 399 g/mol. The largest absolute Gasteiger partial charge is 0.340 e. The fourth-order valence-electron chi connectivity index (χ4n) is 3.63. The lowest BCUT2D eigenvalue weighted by atomic mass is 9.92. The Kier molecular flexibility index (Phi) is 4.03. The molecule has 0 saturated heterocycles. The molecule has 1 aliphatic heterocycles. The molecule has 5 nitrogen and oxygen atoms in total. The van der Waals surface area contributed by atoms with E-state index in [2.05, 4.69) is 10.3 Å². The maximum Gasteiger partial charge on any atom is 0.265 e. The summed E-state index contributed by atoms with van der Waals surface area (Å²) in [6.45, 7) is 0. The molecule has 0 spiro atoms. The van der Waals surface area contributed by atoms with E-state index >= 15 is 0 Å². The highest BCUT2D eigenvalue weighted by atomic mass is 35.5. The number of anilines is 3. The summed E-state index contributed by atoms with van der Waals surface area (Å²) in [5, 5.41) is 5.16. The molecule has 2 heterocycles. The minimum Gasteiger partial charge on any atom is -0.340 e. The Balaban J connectivity index is 1.67. The molecule has 5 rings (SSSR count). The summed E-state index contributed by atoms with van der Waals surface area (Å²) >= 11 is 6.07. The number of hydrogen-bond donors (Lipinski definition) is 1. The molecule has 3 aromatic carbocycles. The minimum absolute atomic E-state index is 0.370. The lowest BCUT2D eigenvalue weighted by Gasteiger charge is -2.28. The van der Waals surface area contributed by atoms with Crippen molar-refractivity contribution in [2.75, 3.05) is 10.2 Å². The number of carbonyl (C=O) groups excluding carboxylic acids is 2. The molecular formula is C23H14ClN3O2. The van der Waals surface area contributed by atoms with Crippen molar-refractivity contribution in [3.63, 3.8) is 0 Å². The van der Waals surface area contributed by atoms with Crippen molar-refractivity contribution in [3.8, 4) is 0 Å². The van der Waals surface area contributed by atoms with E-state index in [4.69, 9.17) is 11.6 Å². The van der Waals surface area contributed by atoms with Crippen LogP contribution < -0.4 is 10.2 Å². The van der Waals surface area contributed by atoms with Crippen molar-refractivity contribution in [1.29, 1.82) is 0 Å². The summed E-state index contributed by atoms with van der Waals surface area (Å²) in [6.07, 6.45) is 1.70. The van der Waals surface area contributed by atoms with Gasteiger partial charge in [0.1, 0.15) is 5.82 Å². The number of rotatable bonds is 3. The van der Waals surface area contributed by atoms with E-state index in [0.29, 0.717) is 33.0 Å². The molecule has 0 saturated carbocycles. The van der Waals surface area contributed by atoms with E-state index in [1.165, 1.54) is 4.90 Å². The second-order valence-corrected chi connectivity index (χ2v) is 7.09. The summed E-state index contributed by atoms with van der Waals surface area (Å²) < 4.78 is 0. The van der Waals surface area contributed by atoms with Gasteiger partial charge in [-0.15, -0.1) is 0 Å². The number of nitrogens with zero attached hydrogens (tertiary/aromatic N) is 2. The molecule has 4 aromatic rings. The van der Waals surface area contributed by atoms with Crippen LogP contribution in [0.5, 0.6) is 0 Å². The Morgan fingerprint density at radius 3 is 2.38 bits per heavy atom. The molecule has 2 amide bonds. The fraction of sp³-hybridized carbons (Fsp3) is 0. The van der Waals surface area contributed by atoms with Crippen molar-refractivity contribution in [3.05, 3.63) is 95.1 Å². The van der Waals surface area contributed by atoms with Gasteiger partial charge in [0.15, 0.2) is 0 Å². The number of halogens is 1. The van der Waals surface area contributed by atoms with Gasteiger partial charge in [0, 0.05) is 38.8 Å². The predicted octanol–water partition coefficient (Wildman–Crippen LogP) is 5.43. The average molecular weight is 400 g/mol. The van der Waals surface area contributed by atoms with Gasteiger partial charge in [-0.3, -0.25) is 9.59 Å². The van der Waals surface area contributed by atoms with E-state index < -0.39 is 0 Å². The molecule has 0 bridgehead atoms. The lowest BCUT2D eigenvalue weighted by molar-refractivity contribution is 0.0893.